The van der Waals surface area contributed by atoms with E-state index in [1.807, 2.05) is 53.6 Å². The zero-order valence-corrected chi connectivity index (χ0v) is 17.1. The minimum atomic E-state index is 0.0315. The molecule has 0 bridgehead atoms. The van der Waals surface area contributed by atoms with Crippen LogP contribution in [0.4, 0.5) is 5.69 Å². The molecule has 0 spiro atoms. The van der Waals surface area contributed by atoms with E-state index >= 15 is 0 Å². The van der Waals surface area contributed by atoms with Crippen molar-refractivity contribution >= 4 is 22.6 Å². The van der Waals surface area contributed by atoms with E-state index in [9.17, 15) is 9.90 Å². The van der Waals surface area contributed by atoms with Gasteiger partial charge in [0, 0.05) is 24.8 Å². The molecule has 1 amide bonds. The van der Waals surface area contributed by atoms with Gasteiger partial charge in [0.25, 0.3) is 0 Å². The molecule has 1 heterocycles. The van der Waals surface area contributed by atoms with E-state index in [0.717, 1.165) is 22.5 Å². The lowest BCUT2D eigenvalue weighted by Crippen LogP contribution is -2.39. The molecular formula is C23H29N3O2. The van der Waals surface area contributed by atoms with E-state index in [2.05, 4.69) is 26.0 Å². The zero-order valence-electron chi connectivity index (χ0n) is 17.1. The number of hydrogen-bond donors (Lipinski definition) is 1. The molecule has 0 radical (unpaired) electrons. The monoisotopic (exact) mass is 379 g/mol. The molecule has 1 N–H and O–H groups in total. The molecule has 2 aromatic carbocycles. The highest BCUT2D eigenvalue weighted by Gasteiger charge is 2.22. The van der Waals surface area contributed by atoms with Crippen molar-refractivity contribution in [2.24, 2.45) is 0 Å². The number of nitrogens with zero attached hydrogens (tertiary/aromatic N) is 3. The molecular weight excluding hydrogens is 350 g/mol. The summed E-state index contributed by atoms with van der Waals surface area (Å²) >= 11 is 0. The van der Waals surface area contributed by atoms with Crippen LogP contribution >= 0.6 is 0 Å². The number of benzene rings is 2. The first-order chi connectivity index (χ1) is 13.4. The maximum atomic E-state index is 13.3. The van der Waals surface area contributed by atoms with Crippen molar-refractivity contribution in [3.8, 4) is 0 Å². The molecule has 3 aromatic rings. The largest absolute Gasteiger partial charge is 0.396 e. The third kappa shape index (κ3) is 4.09. The average molecular weight is 380 g/mol. The number of imidazole rings is 1. The Bertz CT molecular complexity index is 961. The van der Waals surface area contributed by atoms with Gasteiger partial charge in [-0.2, -0.15) is 0 Å². The van der Waals surface area contributed by atoms with Crippen molar-refractivity contribution in [1.29, 1.82) is 0 Å². The SMILES string of the molecule is Cc1cc2nc(CCCO)n(CC(=O)N(c3ccccc3)C(C)C)c2cc1C. The first kappa shape index (κ1) is 20.1. The maximum Gasteiger partial charge on any atom is 0.247 e. The molecule has 0 fully saturated rings. The van der Waals surface area contributed by atoms with Gasteiger partial charge in [-0.3, -0.25) is 4.79 Å². The van der Waals surface area contributed by atoms with Gasteiger partial charge in [-0.15, -0.1) is 0 Å². The van der Waals surface area contributed by atoms with E-state index < -0.39 is 0 Å². The maximum absolute atomic E-state index is 13.3. The summed E-state index contributed by atoms with van der Waals surface area (Å²) in [5.74, 6) is 0.878. The lowest BCUT2D eigenvalue weighted by atomic mass is 10.1. The van der Waals surface area contributed by atoms with Crippen LogP contribution in [0, 0.1) is 13.8 Å². The molecule has 0 aliphatic rings. The Morgan fingerprint density at radius 2 is 1.82 bits per heavy atom. The van der Waals surface area contributed by atoms with Gasteiger partial charge in [0.1, 0.15) is 12.4 Å². The van der Waals surface area contributed by atoms with Crippen LogP contribution in [0.5, 0.6) is 0 Å². The molecule has 0 saturated carbocycles. The predicted octanol–water partition coefficient (Wildman–Crippen LogP) is 4.02. The summed E-state index contributed by atoms with van der Waals surface area (Å²) < 4.78 is 2.01. The summed E-state index contributed by atoms with van der Waals surface area (Å²) in [6.45, 7) is 8.53. The summed E-state index contributed by atoms with van der Waals surface area (Å²) in [7, 11) is 0. The van der Waals surface area contributed by atoms with Crippen LogP contribution < -0.4 is 4.90 Å². The number of carbonyl (C=O) groups excluding carboxylic acids is 1. The molecule has 0 aliphatic carbocycles. The molecule has 148 valence electrons. The Balaban J connectivity index is 2.01. The van der Waals surface area contributed by atoms with Crippen molar-refractivity contribution in [1.82, 2.24) is 9.55 Å². The Morgan fingerprint density at radius 3 is 2.46 bits per heavy atom. The van der Waals surface area contributed by atoms with Gasteiger partial charge >= 0.3 is 0 Å². The lowest BCUT2D eigenvalue weighted by Gasteiger charge is -2.27. The second-order valence-corrected chi connectivity index (χ2v) is 7.56. The number of amides is 1. The number of hydrogen-bond acceptors (Lipinski definition) is 3. The van der Waals surface area contributed by atoms with Crippen LogP contribution in [0.2, 0.25) is 0 Å². The number of rotatable bonds is 7. The van der Waals surface area contributed by atoms with Crippen molar-refractivity contribution in [2.75, 3.05) is 11.5 Å². The molecule has 0 aliphatic heterocycles. The number of para-hydroxylation sites is 1. The Morgan fingerprint density at radius 1 is 1.14 bits per heavy atom. The van der Waals surface area contributed by atoms with Gasteiger partial charge in [-0.05, 0) is 69.5 Å². The summed E-state index contributed by atoms with van der Waals surface area (Å²) in [5, 5.41) is 9.26. The molecule has 5 nitrogen and oxygen atoms in total. The average Bonchev–Trinajstić information content (AvgIpc) is 2.97. The Hall–Kier alpha value is -2.66. The van der Waals surface area contributed by atoms with Crippen LogP contribution in [0.3, 0.4) is 0 Å². The quantitative estimate of drug-likeness (QED) is 0.674. The van der Waals surface area contributed by atoms with Gasteiger partial charge < -0.3 is 14.6 Å². The van der Waals surface area contributed by atoms with Gasteiger partial charge in [-0.25, -0.2) is 4.98 Å². The zero-order chi connectivity index (χ0) is 20.3. The normalized spacial score (nSPS) is 11.4. The number of fused-ring (bicyclic) bond motifs is 1. The smallest absolute Gasteiger partial charge is 0.247 e. The number of carbonyl (C=O) groups is 1. The number of aryl methyl sites for hydroxylation is 3. The standard InChI is InChI=1S/C23H29N3O2/c1-16(2)26(19-9-6-5-7-10-19)23(28)15-25-21-14-18(4)17(3)13-20(21)24-22(25)11-8-12-27/h5-7,9-10,13-14,16,27H,8,11-12,15H2,1-4H3. The minimum absolute atomic E-state index is 0.0315. The lowest BCUT2D eigenvalue weighted by molar-refractivity contribution is -0.119. The van der Waals surface area contributed by atoms with Gasteiger partial charge in [0.15, 0.2) is 0 Å². The van der Waals surface area contributed by atoms with Gasteiger partial charge in [-0.1, -0.05) is 18.2 Å². The minimum Gasteiger partial charge on any atom is -0.396 e. The highest BCUT2D eigenvalue weighted by molar-refractivity contribution is 5.94. The summed E-state index contributed by atoms with van der Waals surface area (Å²) in [6, 6.07) is 14.0. The molecule has 0 unspecified atom stereocenters. The molecule has 0 atom stereocenters. The number of aliphatic hydroxyl groups excluding tert-OH is 1. The summed E-state index contributed by atoms with van der Waals surface area (Å²) in [5.41, 5.74) is 5.14. The number of anilines is 1. The van der Waals surface area contributed by atoms with Crippen LogP contribution in [0.1, 0.15) is 37.2 Å². The highest BCUT2D eigenvalue weighted by atomic mass is 16.3. The van der Waals surface area contributed by atoms with E-state index in [4.69, 9.17) is 4.98 Å². The van der Waals surface area contributed by atoms with Crippen molar-refractivity contribution in [3.63, 3.8) is 0 Å². The number of aliphatic hydroxyl groups is 1. The predicted molar refractivity (Wildman–Crippen MR) is 114 cm³/mol. The fourth-order valence-corrected chi connectivity index (χ4v) is 3.56. The first-order valence-corrected chi connectivity index (χ1v) is 9.86. The van der Waals surface area contributed by atoms with Gasteiger partial charge in [0.05, 0.1) is 11.0 Å². The fourth-order valence-electron chi connectivity index (χ4n) is 3.56. The fraction of sp³-hybridized carbons (Fsp3) is 0.391. The van der Waals surface area contributed by atoms with E-state index in [1.54, 1.807) is 0 Å². The highest BCUT2D eigenvalue weighted by Crippen LogP contribution is 2.23. The van der Waals surface area contributed by atoms with Crippen molar-refractivity contribution in [3.05, 3.63) is 59.4 Å². The van der Waals surface area contributed by atoms with Crippen molar-refractivity contribution < 1.29 is 9.90 Å². The van der Waals surface area contributed by atoms with Crippen LogP contribution in [-0.4, -0.2) is 33.2 Å². The van der Waals surface area contributed by atoms with Crippen LogP contribution in [0.25, 0.3) is 11.0 Å². The van der Waals surface area contributed by atoms with E-state index in [-0.39, 0.29) is 25.1 Å². The third-order valence-corrected chi connectivity index (χ3v) is 5.11. The second-order valence-electron chi connectivity index (χ2n) is 7.56. The summed E-state index contributed by atoms with van der Waals surface area (Å²) in [4.78, 5) is 19.9. The molecule has 1 aromatic heterocycles. The van der Waals surface area contributed by atoms with Crippen molar-refractivity contribution in [2.45, 2.75) is 53.1 Å². The topological polar surface area (TPSA) is 58.4 Å². The van der Waals surface area contributed by atoms with Crippen LogP contribution in [-0.2, 0) is 17.8 Å². The number of aromatic nitrogens is 2. The molecule has 5 heteroatoms. The molecule has 3 rings (SSSR count). The van der Waals surface area contributed by atoms with E-state index in [0.29, 0.717) is 12.8 Å². The molecule has 0 saturated heterocycles. The second kappa shape index (κ2) is 8.57. The van der Waals surface area contributed by atoms with E-state index in [1.165, 1.54) is 11.1 Å². The summed E-state index contributed by atoms with van der Waals surface area (Å²) in [6.07, 6.45) is 1.27. The Labute approximate surface area is 166 Å². The van der Waals surface area contributed by atoms with Gasteiger partial charge in [0.2, 0.25) is 5.91 Å². The first-order valence-electron chi connectivity index (χ1n) is 9.86. The van der Waals surface area contributed by atoms with Crippen LogP contribution in [0.15, 0.2) is 42.5 Å². The third-order valence-electron chi connectivity index (χ3n) is 5.11. The Kier molecular flexibility index (Phi) is 6.15. The molecule has 28 heavy (non-hydrogen) atoms.